The van der Waals surface area contributed by atoms with Gasteiger partial charge in [-0.15, -0.1) is 0 Å². The highest BCUT2D eigenvalue weighted by molar-refractivity contribution is 7.90. The number of fused-ring (bicyclic) bond motifs is 1. The Morgan fingerprint density at radius 1 is 1.07 bits per heavy atom. The van der Waals surface area contributed by atoms with E-state index < -0.39 is 46.0 Å². The van der Waals surface area contributed by atoms with E-state index in [0.717, 1.165) is 19.2 Å². The third kappa shape index (κ3) is 6.77. The lowest BCUT2D eigenvalue weighted by molar-refractivity contribution is -0.205. The van der Waals surface area contributed by atoms with Crippen LogP contribution in [0, 0.1) is 5.82 Å². The SMILES string of the molecule is C[C@@H](Nc1c(Cl)cnc2ccc(-c3cnc(C(C)(O)COC(=O)C(F)(F)F)nc3)cc12)c1cc(S(C)(=O)=O)ccc1F. The van der Waals surface area contributed by atoms with E-state index in [4.69, 9.17) is 11.6 Å². The molecule has 0 saturated carbocycles. The summed E-state index contributed by atoms with van der Waals surface area (Å²) in [6, 6.07) is 7.89. The Balaban J connectivity index is 1.64. The van der Waals surface area contributed by atoms with Gasteiger partial charge in [-0.2, -0.15) is 13.2 Å². The highest BCUT2D eigenvalue weighted by Gasteiger charge is 2.42. The van der Waals surface area contributed by atoms with Gasteiger partial charge in [0.25, 0.3) is 0 Å². The van der Waals surface area contributed by atoms with Crippen molar-refractivity contribution in [2.24, 2.45) is 0 Å². The van der Waals surface area contributed by atoms with Crippen molar-refractivity contribution < 1.29 is 40.6 Å². The molecule has 0 aliphatic carbocycles. The Morgan fingerprint density at radius 3 is 2.36 bits per heavy atom. The number of rotatable bonds is 8. The van der Waals surface area contributed by atoms with E-state index in [2.05, 4.69) is 25.0 Å². The fourth-order valence-corrected chi connectivity index (χ4v) is 4.84. The van der Waals surface area contributed by atoms with Gasteiger partial charge in [-0.1, -0.05) is 17.7 Å². The molecular formula is C27H23ClF4N4O5S. The molecule has 2 atom stereocenters. The number of ether oxygens (including phenoxy) is 1. The Kier molecular flexibility index (Phi) is 8.45. The number of sulfone groups is 1. The van der Waals surface area contributed by atoms with E-state index in [1.807, 2.05) is 0 Å². The van der Waals surface area contributed by atoms with Crippen LogP contribution < -0.4 is 5.32 Å². The maximum absolute atomic E-state index is 14.7. The second-order valence-electron chi connectivity index (χ2n) is 9.68. The summed E-state index contributed by atoms with van der Waals surface area (Å²) in [7, 11) is -3.58. The summed E-state index contributed by atoms with van der Waals surface area (Å²) >= 11 is 6.45. The molecule has 2 N–H and O–H groups in total. The molecule has 0 aliphatic rings. The molecule has 222 valence electrons. The Morgan fingerprint density at radius 2 is 1.74 bits per heavy atom. The van der Waals surface area contributed by atoms with Crippen LogP contribution in [-0.4, -0.2) is 53.5 Å². The number of alkyl halides is 3. The number of carbonyl (C=O) groups is 1. The summed E-state index contributed by atoms with van der Waals surface area (Å²) in [6.07, 6.45) is -0.133. The van der Waals surface area contributed by atoms with E-state index in [-0.39, 0.29) is 21.3 Å². The van der Waals surface area contributed by atoms with Gasteiger partial charge in [0.2, 0.25) is 0 Å². The van der Waals surface area contributed by atoms with Gasteiger partial charge in [-0.05, 0) is 49.7 Å². The number of hydrogen-bond donors (Lipinski definition) is 2. The second-order valence-corrected chi connectivity index (χ2v) is 12.1. The first-order valence-electron chi connectivity index (χ1n) is 12.1. The number of hydrogen-bond acceptors (Lipinski definition) is 9. The maximum Gasteiger partial charge on any atom is 0.490 e. The summed E-state index contributed by atoms with van der Waals surface area (Å²) in [6.45, 7) is 1.72. The molecule has 0 fully saturated rings. The molecule has 42 heavy (non-hydrogen) atoms. The maximum atomic E-state index is 14.7. The zero-order valence-electron chi connectivity index (χ0n) is 22.2. The molecule has 15 heteroatoms. The van der Waals surface area contributed by atoms with Crippen molar-refractivity contribution in [1.29, 1.82) is 0 Å². The van der Waals surface area contributed by atoms with Crippen LogP contribution in [0.15, 0.2) is 59.9 Å². The first kappa shape index (κ1) is 31.1. The number of aromatic nitrogens is 3. The third-order valence-electron chi connectivity index (χ3n) is 6.23. The van der Waals surface area contributed by atoms with E-state index >= 15 is 0 Å². The van der Waals surface area contributed by atoms with Gasteiger partial charge >= 0.3 is 12.1 Å². The average Bonchev–Trinajstić information content (AvgIpc) is 2.92. The molecule has 0 amide bonds. The van der Waals surface area contributed by atoms with Crippen LogP contribution in [0.4, 0.5) is 23.2 Å². The van der Waals surface area contributed by atoms with E-state index in [9.17, 15) is 35.9 Å². The van der Waals surface area contributed by atoms with Crippen LogP contribution in [-0.2, 0) is 25.0 Å². The molecule has 4 rings (SSSR count). The molecule has 0 aliphatic heterocycles. The van der Waals surface area contributed by atoms with Gasteiger partial charge in [0.1, 0.15) is 12.4 Å². The number of anilines is 1. The molecule has 2 heterocycles. The van der Waals surface area contributed by atoms with Crippen LogP contribution in [0.5, 0.6) is 0 Å². The summed E-state index contributed by atoms with van der Waals surface area (Å²) < 4.78 is 80.1. The molecule has 0 spiro atoms. The van der Waals surface area contributed by atoms with Gasteiger partial charge in [-0.25, -0.2) is 27.6 Å². The average molecular weight is 627 g/mol. The number of esters is 1. The Bertz CT molecular complexity index is 1770. The van der Waals surface area contributed by atoms with E-state index in [1.165, 1.54) is 30.7 Å². The predicted octanol–water partition coefficient (Wildman–Crippen LogP) is 5.37. The second kappa shape index (κ2) is 11.4. The lowest BCUT2D eigenvalue weighted by atomic mass is 10.0. The van der Waals surface area contributed by atoms with Gasteiger partial charge in [0.05, 0.1) is 27.2 Å². The summed E-state index contributed by atoms with van der Waals surface area (Å²) in [5.74, 6) is -3.34. The van der Waals surface area contributed by atoms with Crippen LogP contribution >= 0.6 is 11.6 Å². The van der Waals surface area contributed by atoms with Crippen molar-refractivity contribution in [3.63, 3.8) is 0 Å². The molecule has 0 radical (unpaired) electrons. The standard InChI is InChI=1S/C27H23ClF4N4O5S/c1-14(18-9-17(42(3,39)40)5-6-21(18)29)36-23-19-8-15(4-7-22(19)33-12-20(23)28)16-10-34-24(35-11-16)26(2,38)13-41-25(37)27(30,31)32/h4-12,14,38H,13H2,1-3H3,(H,33,36)/t14-,26?/m1/s1. The number of nitrogens with zero attached hydrogens (tertiary/aromatic N) is 3. The Labute approximate surface area is 242 Å². The zero-order chi connectivity index (χ0) is 31.0. The fourth-order valence-electron chi connectivity index (χ4n) is 3.98. The molecular weight excluding hydrogens is 604 g/mol. The molecule has 2 aromatic carbocycles. The number of nitrogens with one attached hydrogen (secondary N) is 1. The smallest absolute Gasteiger partial charge is 0.455 e. The summed E-state index contributed by atoms with van der Waals surface area (Å²) in [5.41, 5.74) is -0.0526. The van der Waals surface area contributed by atoms with Gasteiger partial charge < -0.3 is 15.2 Å². The van der Waals surface area contributed by atoms with Crippen molar-refractivity contribution >= 4 is 44.0 Å². The van der Waals surface area contributed by atoms with Crippen molar-refractivity contribution in [3.8, 4) is 11.1 Å². The number of pyridine rings is 1. The number of carbonyl (C=O) groups excluding carboxylic acids is 1. The molecule has 0 saturated heterocycles. The third-order valence-corrected chi connectivity index (χ3v) is 7.62. The monoisotopic (exact) mass is 626 g/mol. The molecule has 9 nitrogen and oxygen atoms in total. The molecule has 2 aromatic heterocycles. The Hall–Kier alpha value is -3.88. The van der Waals surface area contributed by atoms with Crippen molar-refractivity contribution in [2.75, 3.05) is 18.2 Å². The van der Waals surface area contributed by atoms with Crippen molar-refractivity contribution in [1.82, 2.24) is 15.0 Å². The quantitative estimate of drug-likeness (QED) is 0.150. The minimum atomic E-state index is -5.21. The number of halogens is 5. The summed E-state index contributed by atoms with van der Waals surface area (Å²) in [5, 5.41) is 14.3. The van der Waals surface area contributed by atoms with E-state index in [0.29, 0.717) is 27.7 Å². The zero-order valence-corrected chi connectivity index (χ0v) is 23.8. The van der Waals surface area contributed by atoms with Crippen LogP contribution in [0.25, 0.3) is 22.0 Å². The minimum absolute atomic E-state index is 0.0403. The largest absolute Gasteiger partial charge is 0.490 e. The van der Waals surface area contributed by atoms with E-state index in [1.54, 1.807) is 25.1 Å². The fraction of sp³-hybridized carbons (Fsp3) is 0.259. The van der Waals surface area contributed by atoms with Crippen molar-refractivity contribution in [2.45, 2.75) is 36.6 Å². The highest BCUT2D eigenvalue weighted by Crippen LogP contribution is 2.36. The van der Waals surface area contributed by atoms with Crippen LogP contribution in [0.2, 0.25) is 5.02 Å². The lowest BCUT2D eigenvalue weighted by Crippen LogP contribution is -2.35. The molecule has 0 bridgehead atoms. The van der Waals surface area contributed by atoms with Gasteiger partial charge in [0, 0.05) is 41.4 Å². The minimum Gasteiger partial charge on any atom is -0.455 e. The van der Waals surface area contributed by atoms with Crippen LogP contribution in [0.1, 0.15) is 31.3 Å². The van der Waals surface area contributed by atoms with Gasteiger partial charge in [0.15, 0.2) is 21.3 Å². The molecule has 4 aromatic rings. The predicted molar refractivity (Wildman–Crippen MR) is 146 cm³/mol. The van der Waals surface area contributed by atoms with Crippen molar-refractivity contribution in [3.05, 3.63) is 77.2 Å². The topological polar surface area (TPSA) is 131 Å². The first-order chi connectivity index (χ1) is 19.5. The number of benzene rings is 2. The first-order valence-corrected chi connectivity index (χ1v) is 14.4. The van der Waals surface area contributed by atoms with Gasteiger partial charge in [-0.3, -0.25) is 4.98 Å². The molecule has 1 unspecified atom stereocenters. The number of aliphatic hydroxyl groups is 1. The highest BCUT2D eigenvalue weighted by atomic mass is 35.5. The normalized spacial score (nSPS) is 14.3. The lowest BCUT2D eigenvalue weighted by Gasteiger charge is -2.21. The van der Waals surface area contributed by atoms with Crippen LogP contribution in [0.3, 0.4) is 0 Å². The summed E-state index contributed by atoms with van der Waals surface area (Å²) in [4.78, 5) is 23.3.